The van der Waals surface area contributed by atoms with Crippen molar-refractivity contribution in [1.29, 1.82) is 0 Å². The van der Waals surface area contributed by atoms with E-state index in [1.807, 2.05) is 20.0 Å². The molecule has 0 N–H and O–H groups in total. The number of likely N-dealkylation sites (N-methyl/N-ethyl adjacent to an activating group) is 1. The van der Waals surface area contributed by atoms with Crippen LogP contribution >= 0.6 is 11.6 Å². The van der Waals surface area contributed by atoms with Crippen LogP contribution in [0.5, 0.6) is 0 Å². The smallest absolute Gasteiger partial charge is 0.133 e. The van der Waals surface area contributed by atoms with Crippen LogP contribution in [0.3, 0.4) is 0 Å². The van der Waals surface area contributed by atoms with Crippen LogP contribution in [0.2, 0.25) is 0 Å². The zero-order valence-electron chi connectivity index (χ0n) is 11.6. The van der Waals surface area contributed by atoms with Gasteiger partial charge in [0.05, 0.1) is 13.2 Å². The molecule has 0 saturated heterocycles. The lowest BCUT2D eigenvalue weighted by atomic mass is 10.2. The first-order valence-electron chi connectivity index (χ1n) is 6.25. The fraction of sp³-hybridized carbons (Fsp3) is 0.692. The molecule has 0 saturated carbocycles. The van der Waals surface area contributed by atoms with Crippen molar-refractivity contribution >= 4 is 17.4 Å². The van der Waals surface area contributed by atoms with Gasteiger partial charge in [-0.2, -0.15) is 0 Å². The minimum Gasteiger partial charge on any atom is -0.378 e. The second-order valence-corrected chi connectivity index (χ2v) is 4.98. The van der Waals surface area contributed by atoms with Crippen LogP contribution in [0, 0.1) is 6.92 Å². The van der Waals surface area contributed by atoms with Gasteiger partial charge in [-0.05, 0) is 6.92 Å². The van der Waals surface area contributed by atoms with Crippen molar-refractivity contribution in [3.05, 3.63) is 17.6 Å². The Balaban J connectivity index is 2.64. The van der Waals surface area contributed by atoms with Gasteiger partial charge < -0.3 is 9.64 Å². The van der Waals surface area contributed by atoms with Crippen molar-refractivity contribution in [3.8, 4) is 0 Å². The Bertz CT molecular complexity index is 371. The van der Waals surface area contributed by atoms with E-state index in [1.165, 1.54) is 0 Å². The molecule has 0 aromatic carbocycles. The average molecular weight is 272 g/mol. The maximum Gasteiger partial charge on any atom is 0.133 e. The van der Waals surface area contributed by atoms with Crippen LogP contribution in [0.15, 0.2) is 6.07 Å². The summed E-state index contributed by atoms with van der Waals surface area (Å²) in [6.45, 7) is 8.24. The van der Waals surface area contributed by atoms with Crippen molar-refractivity contribution in [2.45, 2.75) is 26.7 Å². The van der Waals surface area contributed by atoms with Gasteiger partial charge in [-0.1, -0.05) is 13.8 Å². The maximum atomic E-state index is 5.55. The van der Waals surface area contributed by atoms with E-state index < -0.39 is 0 Å². The Hall–Kier alpha value is -0.870. The highest BCUT2D eigenvalue weighted by atomic mass is 35.5. The first-order valence-corrected chi connectivity index (χ1v) is 6.78. The summed E-state index contributed by atoms with van der Waals surface area (Å²) in [6.07, 6.45) is 0. The predicted octanol–water partition coefficient (Wildman–Crippen LogP) is 2.60. The summed E-state index contributed by atoms with van der Waals surface area (Å²) < 4.78 is 5.37. The summed E-state index contributed by atoms with van der Waals surface area (Å²) in [5, 5.41) is 0. The Labute approximate surface area is 114 Å². The molecule has 0 atom stereocenters. The molecule has 1 aromatic rings. The molecule has 102 valence electrons. The summed E-state index contributed by atoms with van der Waals surface area (Å²) in [4.78, 5) is 11.1. The third-order valence-electron chi connectivity index (χ3n) is 2.56. The van der Waals surface area contributed by atoms with E-state index >= 15 is 0 Å². The molecule has 0 aliphatic carbocycles. The quantitative estimate of drug-likeness (QED) is 0.564. The van der Waals surface area contributed by atoms with Gasteiger partial charge in [0.2, 0.25) is 0 Å². The summed E-state index contributed by atoms with van der Waals surface area (Å²) in [6, 6.07) is 1.99. The van der Waals surface area contributed by atoms with E-state index in [1.54, 1.807) is 0 Å². The molecule has 1 heterocycles. The van der Waals surface area contributed by atoms with Gasteiger partial charge in [-0.15, -0.1) is 11.6 Å². The standard InChI is InChI=1S/C13H22ClN3O/c1-10(2)13-15-11(3)9-12(16-13)17(4)6-8-18-7-5-14/h9-10H,5-8H2,1-4H3. The second kappa shape index (κ2) is 7.54. The number of alkyl halides is 1. The number of aryl methyl sites for hydroxylation is 1. The molecule has 0 amide bonds. The van der Waals surface area contributed by atoms with Gasteiger partial charge in [0.25, 0.3) is 0 Å². The lowest BCUT2D eigenvalue weighted by molar-refractivity contribution is 0.156. The summed E-state index contributed by atoms with van der Waals surface area (Å²) in [5.41, 5.74) is 0.997. The Morgan fingerprint density at radius 1 is 1.33 bits per heavy atom. The number of rotatable bonds is 7. The van der Waals surface area contributed by atoms with Crippen LogP contribution in [0.1, 0.15) is 31.3 Å². The Morgan fingerprint density at radius 2 is 2.06 bits per heavy atom. The SMILES string of the molecule is Cc1cc(N(C)CCOCCCl)nc(C(C)C)n1. The Morgan fingerprint density at radius 3 is 2.67 bits per heavy atom. The fourth-order valence-electron chi connectivity index (χ4n) is 1.50. The predicted molar refractivity (Wildman–Crippen MR) is 75.7 cm³/mol. The normalized spacial score (nSPS) is 11.0. The highest BCUT2D eigenvalue weighted by Crippen LogP contribution is 2.15. The lowest BCUT2D eigenvalue weighted by Gasteiger charge is -2.19. The van der Waals surface area contributed by atoms with Gasteiger partial charge >= 0.3 is 0 Å². The van der Waals surface area contributed by atoms with Gasteiger partial charge in [-0.3, -0.25) is 0 Å². The topological polar surface area (TPSA) is 38.2 Å². The molecule has 5 heteroatoms. The highest BCUT2D eigenvalue weighted by Gasteiger charge is 2.09. The molecule has 1 aromatic heterocycles. The van der Waals surface area contributed by atoms with Gasteiger partial charge in [0.1, 0.15) is 11.6 Å². The second-order valence-electron chi connectivity index (χ2n) is 4.60. The third kappa shape index (κ3) is 4.78. The summed E-state index contributed by atoms with van der Waals surface area (Å²) in [5.74, 6) is 2.71. The van der Waals surface area contributed by atoms with Crippen molar-refractivity contribution < 1.29 is 4.74 Å². The summed E-state index contributed by atoms with van der Waals surface area (Å²) in [7, 11) is 2.01. The molecule has 0 spiro atoms. The van der Waals surface area contributed by atoms with Crippen LogP contribution in [-0.4, -0.2) is 42.7 Å². The number of halogens is 1. The van der Waals surface area contributed by atoms with Crippen LogP contribution in [0.25, 0.3) is 0 Å². The lowest BCUT2D eigenvalue weighted by Crippen LogP contribution is -2.24. The number of ether oxygens (including phenoxy) is 1. The van der Waals surface area contributed by atoms with E-state index in [2.05, 4.69) is 28.7 Å². The van der Waals surface area contributed by atoms with Crippen LogP contribution in [-0.2, 0) is 4.74 Å². The van der Waals surface area contributed by atoms with E-state index in [0.29, 0.717) is 25.0 Å². The molecule has 0 bridgehead atoms. The maximum absolute atomic E-state index is 5.55. The van der Waals surface area contributed by atoms with Crippen molar-refractivity contribution in [1.82, 2.24) is 9.97 Å². The average Bonchev–Trinajstić information content (AvgIpc) is 2.33. The van der Waals surface area contributed by atoms with E-state index in [9.17, 15) is 0 Å². The fourth-order valence-corrected chi connectivity index (χ4v) is 1.61. The van der Waals surface area contributed by atoms with Gasteiger partial charge in [0.15, 0.2) is 0 Å². The van der Waals surface area contributed by atoms with Crippen molar-refractivity contribution in [2.24, 2.45) is 0 Å². The molecule has 18 heavy (non-hydrogen) atoms. The molecule has 0 aliphatic heterocycles. The largest absolute Gasteiger partial charge is 0.378 e. The van der Waals surface area contributed by atoms with Crippen molar-refractivity contribution in [3.63, 3.8) is 0 Å². The number of hydrogen-bond acceptors (Lipinski definition) is 4. The van der Waals surface area contributed by atoms with Gasteiger partial charge in [0, 0.05) is 37.2 Å². The Kier molecular flexibility index (Phi) is 6.36. The first-order chi connectivity index (χ1) is 8.54. The molecule has 4 nitrogen and oxygen atoms in total. The van der Waals surface area contributed by atoms with E-state index in [-0.39, 0.29) is 0 Å². The minimum atomic E-state index is 0.338. The number of anilines is 1. The van der Waals surface area contributed by atoms with Crippen LogP contribution < -0.4 is 4.90 Å². The number of nitrogens with zero attached hydrogens (tertiary/aromatic N) is 3. The molecule has 1 rings (SSSR count). The molecule has 0 fully saturated rings. The van der Waals surface area contributed by atoms with E-state index in [0.717, 1.165) is 23.9 Å². The van der Waals surface area contributed by atoms with Crippen LogP contribution in [0.4, 0.5) is 5.82 Å². The molecular formula is C13H22ClN3O. The minimum absolute atomic E-state index is 0.338. The van der Waals surface area contributed by atoms with Crippen molar-refractivity contribution in [2.75, 3.05) is 37.6 Å². The highest BCUT2D eigenvalue weighted by molar-refractivity contribution is 6.17. The van der Waals surface area contributed by atoms with E-state index in [4.69, 9.17) is 16.3 Å². The molecule has 0 radical (unpaired) electrons. The zero-order valence-corrected chi connectivity index (χ0v) is 12.4. The molecule has 0 aliphatic rings. The summed E-state index contributed by atoms with van der Waals surface area (Å²) >= 11 is 5.55. The van der Waals surface area contributed by atoms with Gasteiger partial charge in [-0.25, -0.2) is 9.97 Å². The monoisotopic (exact) mass is 271 g/mol. The third-order valence-corrected chi connectivity index (χ3v) is 2.71. The number of hydrogen-bond donors (Lipinski definition) is 0. The zero-order chi connectivity index (χ0) is 13.5. The number of aromatic nitrogens is 2. The first kappa shape index (κ1) is 15.2. The molecule has 0 unspecified atom stereocenters. The molecular weight excluding hydrogens is 250 g/mol.